The second-order valence-electron chi connectivity index (χ2n) is 3.86. The van der Waals surface area contributed by atoms with Crippen LogP contribution in [-0.4, -0.2) is 24.7 Å². The maximum absolute atomic E-state index is 12.2. The Hall–Kier alpha value is -0.760. The number of hydrogen-bond acceptors (Lipinski definition) is 4. The van der Waals surface area contributed by atoms with Crippen molar-refractivity contribution in [1.29, 1.82) is 0 Å². The molecule has 0 spiro atoms. The molecule has 1 unspecified atom stereocenters. The minimum absolute atomic E-state index is 0. The van der Waals surface area contributed by atoms with Gasteiger partial charge in [-0.05, 0) is 6.42 Å². The minimum Gasteiger partial charge on any atom is -1.00 e. The van der Waals surface area contributed by atoms with Crippen LogP contribution in [-0.2, 0) is 19.1 Å². The Morgan fingerprint density at radius 2 is 1.73 bits per heavy atom. The van der Waals surface area contributed by atoms with Crippen molar-refractivity contribution in [2.24, 2.45) is 0 Å². The molecule has 22 heavy (non-hydrogen) atoms. The molecule has 0 amide bonds. The third-order valence-corrected chi connectivity index (χ3v) is 2.22. The number of carbonyl (C=O) groups excluding carboxylic acids is 2. The number of halogens is 4. The first-order chi connectivity index (χ1) is 9.36. The van der Waals surface area contributed by atoms with Gasteiger partial charge in [0.25, 0.3) is 0 Å². The van der Waals surface area contributed by atoms with E-state index in [-0.39, 0.29) is 54.1 Å². The number of carbonyl (C=O) groups is 2. The summed E-state index contributed by atoms with van der Waals surface area (Å²) in [6, 6.07) is 7.39. The van der Waals surface area contributed by atoms with E-state index in [0.717, 1.165) is 0 Å². The van der Waals surface area contributed by atoms with Crippen molar-refractivity contribution in [3.8, 4) is 0 Å². The fourth-order valence-electron chi connectivity index (χ4n) is 1.33. The van der Waals surface area contributed by atoms with E-state index in [1.165, 1.54) is 24.3 Å². The molecule has 0 aliphatic rings. The third kappa shape index (κ3) is 7.49. The zero-order chi connectivity index (χ0) is 15.2. The van der Waals surface area contributed by atoms with Crippen molar-refractivity contribution < 1.29 is 74.2 Å². The van der Waals surface area contributed by atoms with E-state index >= 15 is 0 Å². The van der Waals surface area contributed by atoms with Gasteiger partial charge in [0.15, 0.2) is 0 Å². The topological polar surface area (TPSA) is 52.6 Å². The first-order valence-corrected chi connectivity index (χ1v) is 5.85. The number of benzene rings is 1. The molecule has 0 aliphatic carbocycles. The molecule has 0 heterocycles. The molecule has 0 aromatic heterocycles. The summed E-state index contributed by atoms with van der Waals surface area (Å²) in [7, 11) is 0. The van der Waals surface area contributed by atoms with Crippen LogP contribution < -0.4 is 42.0 Å². The van der Waals surface area contributed by atoms with Crippen molar-refractivity contribution >= 4 is 11.9 Å². The molecule has 0 saturated heterocycles. The Bertz CT molecular complexity index is 468. The average Bonchev–Trinajstić information content (AvgIpc) is 2.41. The summed E-state index contributed by atoms with van der Waals surface area (Å²) in [4.78, 5) is 22.6. The van der Waals surface area contributed by atoms with Crippen LogP contribution in [0.4, 0.5) is 13.2 Å². The quantitative estimate of drug-likeness (QED) is 0.415. The van der Waals surface area contributed by atoms with Gasteiger partial charge >= 0.3 is 47.7 Å². The molecule has 1 atom stereocenters. The largest absolute Gasteiger partial charge is 1.00 e. The van der Waals surface area contributed by atoms with Gasteiger partial charge in [-0.25, -0.2) is 9.59 Å². The predicted molar refractivity (Wildman–Crippen MR) is 62.6 cm³/mol. The van der Waals surface area contributed by atoms with Crippen LogP contribution in [0.25, 0.3) is 0 Å². The van der Waals surface area contributed by atoms with Crippen LogP contribution in [0.1, 0.15) is 25.0 Å². The van der Waals surface area contributed by atoms with Gasteiger partial charge in [-0.3, -0.25) is 0 Å². The molecule has 1 aromatic carbocycles. The fraction of sp³-hybridized carbons (Fsp3) is 0.385. The zero-order valence-corrected chi connectivity index (χ0v) is 14.8. The van der Waals surface area contributed by atoms with Crippen molar-refractivity contribution in [2.45, 2.75) is 25.6 Å². The molecule has 0 aliphatic heterocycles. The molecule has 1 aromatic rings. The summed E-state index contributed by atoms with van der Waals surface area (Å²) in [6.07, 6.45) is -6.39. The molecule has 0 saturated carbocycles. The van der Waals surface area contributed by atoms with Crippen molar-refractivity contribution in [2.75, 3.05) is 6.61 Å². The normalized spacial score (nSPS) is 11.5. The predicted octanol–water partition coefficient (Wildman–Crippen LogP) is -3.21. The van der Waals surface area contributed by atoms with Crippen molar-refractivity contribution in [1.82, 2.24) is 0 Å². The van der Waals surface area contributed by atoms with Crippen LogP contribution in [0, 0.1) is 0 Å². The SMILES string of the molecule is CCCOC(=O)C(OC(=O)C(F)(F)F)c1ccccc1.[Cl-].[Na+]. The van der Waals surface area contributed by atoms with Gasteiger partial charge in [0.2, 0.25) is 6.10 Å². The Labute approximate surface area is 154 Å². The Kier molecular flexibility index (Phi) is 11.6. The fourth-order valence-corrected chi connectivity index (χ4v) is 1.33. The third-order valence-electron chi connectivity index (χ3n) is 2.22. The standard InChI is InChI=1S/C13H13F3O4.ClH.Na/c1-2-8-19-11(17)10(9-6-4-3-5-7-9)20-12(18)13(14,15)16;;/h3-7,10H,2,8H2,1H3;1H;/q;;+1/p-1. The smallest absolute Gasteiger partial charge is 1.00 e. The number of hydrogen-bond donors (Lipinski definition) is 0. The maximum Gasteiger partial charge on any atom is 1.00 e. The number of esters is 2. The molecular weight excluding hydrogens is 336 g/mol. The van der Waals surface area contributed by atoms with Gasteiger partial charge in [-0.1, -0.05) is 37.3 Å². The van der Waals surface area contributed by atoms with Gasteiger partial charge in [-0.2, -0.15) is 13.2 Å². The molecule has 0 fully saturated rings. The summed E-state index contributed by atoms with van der Waals surface area (Å²) < 4.78 is 45.6. The molecule has 0 radical (unpaired) electrons. The summed E-state index contributed by atoms with van der Waals surface area (Å²) >= 11 is 0. The zero-order valence-electron chi connectivity index (χ0n) is 12.0. The van der Waals surface area contributed by atoms with Gasteiger partial charge in [0, 0.05) is 5.56 Å². The first-order valence-electron chi connectivity index (χ1n) is 5.85. The van der Waals surface area contributed by atoms with Crippen LogP contribution in [0.5, 0.6) is 0 Å². The average molecular weight is 349 g/mol. The number of rotatable bonds is 5. The van der Waals surface area contributed by atoms with Gasteiger partial charge in [-0.15, -0.1) is 0 Å². The van der Waals surface area contributed by atoms with Crippen LogP contribution in [0.2, 0.25) is 0 Å². The van der Waals surface area contributed by atoms with Crippen LogP contribution in [0.15, 0.2) is 30.3 Å². The molecule has 0 bridgehead atoms. The monoisotopic (exact) mass is 348 g/mol. The maximum atomic E-state index is 12.2. The minimum atomic E-state index is -5.17. The van der Waals surface area contributed by atoms with E-state index in [2.05, 4.69) is 4.74 Å². The van der Waals surface area contributed by atoms with E-state index in [9.17, 15) is 22.8 Å². The van der Waals surface area contributed by atoms with E-state index in [4.69, 9.17) is 4.74 Å². The van der Waals surface area contributed by atoms with Gasteiger partial charge in [0.05, 0.1) is 6.61 Å². The summed E-state index contributed by atoms with van der Waals surface area (Å²) in [5, 5.41) is 0. The molecule has 118 valence electrons. The summed E-state index contributed by atoms with van der Waals surface area (Å²) in [6.45, 7) is 1.76. The Morgan fingerprint density at radius 1 is 1.18 bits per heavy atom. The van der Waals surface area contributed by atoms with E-state index in [0.29, 0.717) is 6.42 Å². The van der Waals surface area contributed by atoms with E-state index < -0.39 is 24.2 Å². The Balaban J connectivity index is 0. The second kappa shape index (κ2) is 10.9. The van der Waals surface area contributed by atoms with Crippen LogP contribution in [0.3, 0.4) is 0 Å². The molecule has 1 rings (SSSR count). The summed E-state index contributed by atoms with van der Waals surface area (Å²) in [5.74, 6) is -3.46. The Morgan fingerprint density at radius 3 is 2.18 bits per heavy atom. The number of ether oxygens (including phenoxy) is 2. The van der Waals surface area contributed by atoms with Gasteiger partial charge < -0.3 is 21.9 Å². The first kappa shape index (κ1) is 23.5. The van der Waals surface area contributed by atoms with E-state index in [1.54, 1.807) is 13.0 Å². The molecule has 9 heteroatoms. The van der Waals surface area contributed by atoms with Crippen LogP contribution >= 0.6 is 0 Å². The number of alkyl halides is 3. The second-order valence-corrected chi connectivity index (χ2v) is 3.86. The molecule has 0 N–H and O–H groups in total. The van der Waals surface area contributed by atoms with Gasteiger partial charge in [0.1, 0.15) is 0 Å². The molecular formula is C13H13ClF3NaO4. The van der Waals surface area contributed by atoms with Crippen molar-refractivity contribution in [3.63, 3.8) is 0 Å². The van der Waals surface area contributed by atoms with E-state index in [1.807, 2.05) is 0 Å². The summed E-state index contributed by atoms with van der Waals surface area (Å²) in [5.41, 5.74) is 0.117. The molecule has 4 nitrogen and oxygen atoms in total. The van der Waals surface area contributed by atoms with Crippen molar-refractivity contribution in [3.05, 3.63) is 35.9 Å².